The topological polar surface area (TPSA) is 56.7 Å². The molecule has 0 aliphatic rings. The van der Waals surface area contributed by atoms with Crippen LogP contribution in [0, 0.1) is 13.8 Å². The van der Waals surface area contributed by atoms with E-state index in [0.29, 0.717) is 18.8 Å². The van der Waals surface area contributed by atoms with Crippen LogP contribution in [0.25, 0.3) is 5.82 Å². The third-order valence-corrected chi connectivity index (χ3v) is 3.13. The molecule has 0 aliphatic carbocycles. The van der Waals surface area contributed by atoms with Gasteiger partial charge in [-0.2, -0.15) is 18.3 Å². The average Bonchev–Trinajstić information content (AvgIpc) is 2.66. The first kappa shape index (κ1) is 14.5. The van der Waals surface area contributed by atoms with Gasteiger partial charge in [0.2, 0.25) is 0 Å². The fourth-order valence-electron chi connectivity index (χ4n) is 2.08. The molecule has 108 valence electrons. The van der Waals surface area contributed by atoms with Gasteiger partial charge >= 0.3 is 6.18 Å². The van der Waals surface area contributed by atoms with Crippen LogP contribution < -0.4 is 5.73 Å². The Bertz CT molecular complexity index is 599. The zero-order valence-electron chi connectivity index (χ0n) is 11.2. The van der Waals surface area contributed by atoms with Gasteiger partial charge in [0.25, 0.3) is 0 Å². The summed E-state index contributed by atoms with van der Waals surface area (Å²) in [6.07, 6.45) is -2.89. The second kappa shape index (κ2) is 5.24. The second-order valence-corrected chi connectivity index (χ2v) is 4.50. The van der Waals surface area contributed by atoms with Crippen LogP contribution in [0.1, 0.15) is 22.5 Å². The van der Waals surface area contributed by atoms with Gasteiger partial charge in [0.05, 0.1) is 11.3 Å². The molecule has 20 heavy (non-hydrogen) atoms. The lowest BCUT2D eigenvalue weighted by molar-refractivity contribution is -0.137. The Morgan fingerprint density at radius 3 is 2.45 bits per heavy atom. The molecular weight excluding hydrogens is 269 g/mol. The highest BCUT2D eigenvalue weighted by Crippen LogP contribution is 2.29. The zero-order valence-corrected chi connectivity index (χ0v) is 11.2. The molecular formula is C13H15F3N4. The number of aryl methyl sites for hydroxylation is 1. The number of halogens is 3. The van der Waals surface area contributed by atoms with Crippen molar-refractivity contribution in [2.45, 2.75) is 26.4 Å². The summed E-state index contributed by atoms with van der Waals surface area (Å²) in [5.41, 5.74) is 7.43. The number of rotatable bonds is 3. The van der Waals surface area contributed by atoms with Gasteiger partial charge in [0, 0.05) is 11.9 Å². The minimum absolute atomic E-state index is 0.363. The van der Waals surface area contributed by atoms with E-state index in [0.717, 1.165) is 29.2 Å². The van der Waals surface area contributed by atoms with Gasteiger partial charge in [-0.05, 0) is 44.5 Å². The van der Waals surface area contributed by atoms with Crippen LogP contribution in [-0.4, -0.2) is 21.3 Å². The van der Waals surface area contributed by atoms with Crippen molar-refractivity contribution >= 4 is 0 Å². The summed E-state index contributed by atoms with van der Waals surface area (Å²) in [5, 5.41) is 4.31. The summed E-state index contributed by atoms with van der Waals surface area (Å²) in [6.45, 7) is 4.19. The molecule has 0 aliphatic heterocycles. The Morgan fingerprint density at radius 1 is 1.25 bits per heavy atom. The average molecular weight is 284 g/mol. The van der Waals surface area contributed by atoms with Crippen LogP contribution >= 0.6 is 0 Å². The molecule has 2 rings (SSSR count). The minimum Gasteiger partial charge on any atom is -0.330 e. The minimum atomic E-state index is -4.38. The molecule has 0 atom stereocenters. The van der Waals surface area contributed by atoms with Gasteiger partial charge in [-0.3, -0.25) is 0 Å². The molecule has 4 nitrogen and oxygen atoms in total. The van der Waals surface area contributed by atoms with E-state index in [1.54, 1.807) is 4.68 Å². The van der Waals surface area contributed by atoms with Crippen molar-refractivity contribution in [1.29, 1.82) is 0 Å². The maximum absolute atomic E-state index is 12.5. The van der Waals surface area contributed by atoms with Gasteiger partial charge in [0.1, 0.15) is 0 Å². The van der Waals surface area contributed by atoms with Gasteiger partial charge in [-0.1, -0.05) is 0 Å². The summed E-state index contributed by atoms with van der Waals surface area (Å²) in [4.78, 5) is 3.84. The SMILES string of the molecule is Cc1nn(-c2ccc(C(F)(F)F)cn2)c(C)c1CCN. The summed E-state index contributed by atoms with van der Waals surface area (Å²) in [6, 6.07) is 2.32. The van der Waals surface area contributed by atoms with Crippen molar-refractivity contribution in [3.63, 3.8) is 0 Å². The van der Waals surface area contributed by atoms with Crippen LogP contribution in [0.5, 0.6) is 0 Å². The molecule has 0 aromatic carbocycles. The number of hydrogen-bond donors (Lipinski definition) is 1. The number of pyridine rings is 1. The number of hydrogen-bond acceptors (Lipinski definition) is 3. The van der Waals surface area contributed by atoms with E-state index >= 15 is 0 Å². The number of alkyl halides is 3. The quantitative estimate of drug-likeness (QED) is 0.941. The summed E-state index contributed by atoms with van der Waals surface area (Å²) in [5.74, 6) is 0.363. The second-order valence-electron chi connectivity index (χ2n) is 4.50. The molecule has 0 amide bonds. The van der Waals surface area contributed by atoms with E-state index in [2.05, 4.69) is 10.1 Å². The standard InChI is InChI=1S/C13H15F3N4/c1-8-11(5-6-17)9(2)20(19-8)12-4-3-10(7-18-12)13(14,15)16/h3-4,7H,5-6,17H2,1-2H3. The predicted octanol–water partition coefficient (Wildman–Crippen LogP) is 2.40. The third kappa shape index (κ3) is 2.67. The normalized spacial score (nSPS) is 11.9. The lowest BCUT2D eigenvalue weighted by Crippen LogP contribution is -2.08. The highest BCUT2D eigenvalue weighted by molar-refractivity contribution is 5.34. The van der Waals surface area contributed by atoms with Crippen molar-refractivity contribution in [2.75, 3.05) is 6.54 Å². The highest BCUT2D eigenvalue weighted by Gasteiger charge is 2.30. The molecule has 0 radical (unpaired) electrons. The molecule has 0 unspecified atom stereocenters. The molecule has 7 heteroatoms. The molecule has 2 aromatic heterocycles. The van der Waals surface area contributed by atoms with Crippen LogP contribution in [0.15, 0.2) is 18.3 Å². The monoisotopic (exact) mass is 284 g/mol. The van der Waals surface area contributed by atoms with Crippen LogP contribution in [0.4, 0.5) is 13.2 Å². The smallest absolute Gasteiger partial charge is 0.330 e. The molecule has 0 saturated heterocycles. The van der Waals surface area contributed by atoms with Gasteiger partial charge in [0.15, 0.2) is 5.82 Å². The Hall–Kier alpha value is -1.89. The number of aromatic nitrogens is 3. The molecule has 2 heterocycles. The van der Waals surface area contributed by atoms with Gasteiger partial charge < -0.3 is 5.73 Å². The molecule has 0 spiro atoms. The maximum Gasteiger partial charge on any atom is 0.417 e. The van der Waals surface area contributed by atoms with E-state index in [9.17, 15) is 13.2 Å². The van der Waals surface area contributed by atoms with Crippen molar-refractivity contribution in [3.05, 3.63) is 40.8 Å². The fraction of sp³-hybridized carbons (Fsp3) is 0.385. The van der Waals surface area contributed by atoms with Gasteiger partial charge in [-0.25, -0.2) is 9.67 Å². The summed E-state index contributed by atoms with van der Waals surface area (Å²) < 4.78 is 39.0. The van der Waals surface area contributed by atoms with E-state index < -0.39 is 11.7 Å². The lowest BCUT2D eigenvalue weighted by Gasteiger charge is -2.08. The van der Waals surface area contributed by atoms with E-state index in [1.165, 1.54) is 6.07 Å². The van der Waals surface area contributed by atoms with Gasteiger partial charge in [-0.15, -0.1) is 0 Å². The first-order valence-corrected chi connectivity index (χ1v) is 6.13. The highest BCUT2D eigenvalue weighted by atomic mass is 19.4. The van der Waals surface area contributed by atoms with E-state index in [-0.39, 0.29) is 0 Å². The summed E-state index contributed by atoms with van der Waals surface area (Å²) in [7, 11) is 0. The van der Waals surface area contributed by atoms with Crippen LogP contribution in [0.2, 0.25) is 0 Å². The fourth-order valence-corrected chi connectivity index (χ4v) is 2.08. The Morgan fingerprint density at radius 2 is 1.95 bits per heavy atom. The van der Waals surface area contributed by atoms with Crippen molar-refractivity contribution < 1.29 is 13.2 Å². The molecule has 0 saturated carbocycles. The predicted molar refractivity (Wildman–Crippen MR) is 68.6 cm³/mol. The Kier molecular flexibility index (Phi) is 3.80. The summed E-state index contributed by atoms with van der Waals surface area (Å²) >= 11 is 0. The number of nitrogens with two attached hydrogens (primary N) is 1. The van der Waals surface area contributed by atoms with Crippen LogP contribution in [0.3, 0.4) is 0 Å². The van der Waals surface area contributed by atoms with E-state index in [1.807, 2.05) is 13.8 Å². The first-order valence-electron chi connectivity index (χ1n) is 6.13. The zero-order chi connectivity index (χ0) is 14.9. The van der Waals surface area contributed by atoms with Crippen molar-refractivity contribution in [3.8, 4) is 5.82 Å². The molecule has 0 bridgehead atoms. The largest absolute Gasteiger partial charge is 0.417 e. The Labute approximate surface area is 114 Å². The Balaban J connectivity index is 2.40. The first-order chi connectivity index (χ1) is 9.34. The number of nitrogens with zero attached hydrogens (tertiary/aromatic N) is 3. The van der Waals surface area contributed by atoms with E-state index in [4.69, 9.17) is 5.73 Å². The molecule has 2 N–H and O–H groups in total. The third-order valence-electron chi connectivity index (χ3n) is 3.13. The maximum atomic E-state index is 12.5. The lowest BCUT2D eigenvalue weighted by atomic mass is 10.1. The molecule has 2 aromatic rings. The van der Waals surface area contributed by atoms with Crippen molar-refractivity contribution in [1.82, 2.24) is 14.8 Å². The molecule has 0 fully saturated rings. The van der Waals surface area contributed by atoms with Crippen LogP contribution in [-0.2, 0) is 12.6 Å². The van der Waals surface area contributed by atoms with Crippen molar-refractivity contribution in [2.24, 2.45) is 5.73 Å².